The van der Waals surface area contributed by atoms with Crippen molar-refractivity contribution < 1.29 is 22.7 Å². The van der Waals surface area contributed by atoms with E-state index in [0.717, 1.165) is 5.56 Å². The molecule has 7 heteroatoms. The van der Waals surface area contributed by atoms with Crippen molar-refractivity contribution in [3.8, 4) is 11.5 Å². The van der Waals surface area contributed by atoms with Crippen LogP contribution in [-0.2, 0) is 14.8 Å². The minimum atomic E-state index is -3.72. The van der Waals surface area contributed by atoms with Crippen LogP contribution in [-0.4, -0.2) is 28.4 Å². The van der Waals surface area contributed by atoms with Gasteiger partial charge in [-0.15, -0.1) is 0 Å². The zero-order valence-corrected chi connectivity index (χ0v) is 15.2. The molecule has 0 radical (unpaired) electrons. The van der Waals surface area contributed by atoms with Crippen molar-refractivity contribution in [3.05, 3.63) is 65.7 Å². The van der Waals surface area contributed by atoms with Crippen molar-refractivity contribution in [2.24, 2.45) is 5.14 Å². The Kier molecular flexibility index (Phi) is 6.32. The van der Waals surface area contributed by atoms with Crippen molar-refractivity contribution in [1.29, 1.82) is 0 Å². The van der Waals surface area contributed by atoms with Crippen LogP contribution in [0.2, 0.25) is 0 Å². The van der Waals surface area contributed by atoms with Gasteiger partial charge in [0.25, 0.3) is 0 Å². The molecule has 0 saturated carbocycles. The van der Waals surface area contributed by atoms with E-state index in [9.17, 15) is 13.2 Å². The van der Waals surface area contributed by atoms with E-state index in [1.54, 1.807) is 56.7 Å². The zero-order chi connectivity index (χ0) is 19.2. The van der Waals surface area contributed by atoms with E-state index in [4.69, 9.17) is 14.6 Å². The average molecular weight is 373 g/mol. The quantitative estimate of drug-likeness (QED) is 0.753. The molecule has 0 bridgehead atoms. The Labute approximate surface area is 152 Å². The van der Waals surface area contributed by atoms with Crippen LogP contribution < -0.4 is 14.6 Å². The van der Waals surface area contributed by atoms with Crippen LogP contribution >= 0.6 is 0 Å². The minimum absolute atomic E-state index is 0.0225. The summed E-state index contributed by atoms with van der Waals surface area (Å²) in [5, 5.41) is 5.04. The van der Waals surface area contributed by atoms with Gasteiger partial charge in [-0.3, -0.25) is 4.79 Å². The molecule has 0 heterocycles. The summed E-state index contributed by atoms with van der Waals surface area (Å²) < 4.78 is 32.8. The van der Waals surface area contributed by atoms with Crippen molar-refractivity contribution in [2.45, 2.75) is 4.90 Å². The van der Waals surface area contributed by atoms with E-state index < -0.39 is 10.0 Å². The van der Waals surface area contributed by atoms with Crippen molar-refractivity contribution in [2.75, 3.05) is 14.2 Å². The summed E-state index contributed by atoms with van der Waals surface area (Å²) in [6.07, 6.45) is 6.08. The van der Waals surface area contributed by atoms with Gasteiger partial charge in [0.15, 0.2) is 17.3 Å². The molecule has 0 aliphatic rings. The highest BCUT2D eigenvalue weighted by Crippen LogP contribution is 2.27. The number of rotatable bonds is 7. The number of sulfonamides is 1. The molecular weight excluding hydrogens is 354 g/mol. The molecule has 0 unspecified atom stereocenters. The largest absolute Gasteiger partial charge is 0.493 e. The molecule has 0 saturated heterocycles. The Bertz CT molecular complexity index is 944. The molecule has 0 atom stereocenters. The minimum Gasteiger partial charge on any atom is -0.493 e. The van der Waals surface area contributed by atoms with Gasteiger partial charge in [0, 0.05) is 0 Å². The van der Waals surface area contributed by atoms with Crippen LogP contribution in [0.15, 0.2) is 59.5 Å². The Hall–Kier alpha value is -2.90. The van der Waals surface area contributed by atoms with Gasteiger partial charge in [0.1, 0.15) is 0 Å². The van der Waals surface area contributed by atoms with Gasteiger partial charge in [-0.2, -0.15) is 0 Å². The highest BCUT2D eigenvalue weighted by atomic mass is 32.2. The van der Waals surface area contributed by atoms with E-state index in [-0.39, 0.29) is 10.7 Å². The summed E-state index contributed by atoms with van der Waals surface area (Å²) >= 11 is 0. The first-order valence-electron chi connectivity index (χ1n) is 7.58. The lowest BCUT2D eigenvalue weighted by Crippen LogP contribution is -2.11. The summed E-state index contributed by atoms with van der Waals surface area (Å²) in [6, 6.07) is 11.2. The molecule has 2 aromatic carbocycles. The van der Waals surface area contributed by atoms with Crippen molar-refractivity contribution >= 4 is 28.0 Å². The summed E-state index contributed by atoms with van der Waals surface area (Å²) in [5.74, 6) is 0.974. The lowest BCUT2D eigenvalue weighted by Gasteiger charge is -2.07. The Morgan fingerprint density at radius 1 is 0.885 bits per heavy atom. The normalized spacial score (nSPS) is 11.8. The third-order valence-electron chi connectivity index (χ3n) is 3.50. The molecule has 2 N–H and O–H groups in total. The number of hydrogen-bond donors (Lipinski definition) is 1. The molecular formula is C19H19NO5S. The highest BCUT2D eigenvalue weighted by Gasteiger charge is 2.06. The maximum Gasteiger partial charge on any atom is 0.238 e. The van der Waals surface area contributed by atoms with E-state index in [0.29, 0.717) is 17.1 Å². The van der Waals surface area contributed by atoms with Crippen molar-refractivity contribution in [3.63, 3.8) is 0 Å². The van der Waals surface area contributed by atoms with E-state index in [1.807, 2.05) is 0 Å². The standard InChI is InChI=1S/C19H19NO5S/c1-24-18-12-7-15(13-19(18)25-2)4-9-16(21)8-3-14-5-10-17(11-6-14)26(20,22)23/h3-13H,1-2H3,(H2,20,22,23)/b8-3+,9-4+. The van der Waals surface area contributed by atoms with Gasteiger partial charge in [-0.1, -0.05) is 30.4 Å². The van der Waals surface area contributed by atoms with Gasteiger partial charge in [-0.25, -0.2) is 13.6 Å². The average Bonchev–Trinajstić information content (AvgIpc) is 2.64. The molecule has 0 aromatic heterocycles. The molecule has 6 nitrogen and oxygen atoms in total. The summed E-state index contributed by atoms with van der Waals surface area (Å²) in [7, 11) is -0.628. The third kappa shape index (κ3) is 5.30. The van der Waals surface area contributed by atoms with Gasteiger partial charge in [0.05, 0.1) is 19.1 Å². The smallest absolute Gasteiger partial charge is 0.238 e. The third-order valence-corrected chi connectivity index (χ3v) is 4.43. The number of allylic oxidation sites excluding steroid dienone is 2. The second-order valence-corrected chi connectivity index (χ2v) is 6.86. The molecule has 0 spiro atoms. The van der Waals surface area contributed by atoms with Gasteiger partial charge in [-0.05, 0) is 47.5 Å². The van der Waals surface area contributed by atoms with E-state index in [1.165, 1.54) is 24.3 Å². The Morgan fingerprint density at radius 3 is 1.96 bits per heavy atom. The number of primary sulfonamides is 1. The summed E-state index contributed by atoms with van der Waals surface area (Å²) in [4.78, 5) is 12.0. The van der Waals surface area contributed by atoms with Crippen LogP contribution in [0.3, 0.4) is 0 Å². The molecule has 0 amide bonds. The van der Waals surface area contributed by atoms with E-state index >= 15 is 0 Å². The Morgan fingerprint density at radius 2 is 1.42 bits per heavy atom. The molecule has 0 aliphatic carbocycles. The fraction of sp³-hybridized carbons (Fsp3) is 0.105. The highest BCUT2D eigenvalue weighted by molar-refractivity contribution is 7.89. The lowest BCUT2D eigenvalue weighted by atomic mass is 10.1. The second kappa shape index (κ2) is 8.46. The number of carbonyl (C=O) groups is 1. The van der Waals surface area contributed by atoms with Gasteiger partial charge in [0.2, 0.25) is 10.0 Å². The Balaban J connectivity index is 2.06. The number of nitrogens with two attached hydrogens (primary N) is 1. The van der Waals surface area contributed by atoms with Crippen LogP contribution in [0.25, 0.3) is 12.2 Å². The van der Waals surface area contributed by atoms with Crippen LogP contribution in [0, 0.1) is 0 Å². The van der Waals surface area contributed by atoms with Crippen LogP contribution in [0.5, 0.6) is 11.5 Å². The first kappa shape index (κ1) is 19.4. The molecule has 0 aliphatic heterocycles. The topological polar surface area (TPSA) is 95.7 Å². The molecule has 0 fully saturated rings. The number of benzene rings is 2. The van der Waals surface area contributed by atoms with Crippen LogP contribution in [0.1, 0.15) is 11.1 Å². The lowest BCUT2D eigenvalue weighted by molar-refractivity contribution is -0.110. The molecule has 26 heavy (non-hydrogen) atoms. The van der Waals surface area contributed by atoms with E-state index in [2.05, 4.69) is 0 Å². The maximum absolute atomic E-state index is 11.9. The molecule has 2 aromatic rings. The zero-order valence-electron chi connectivity index (χ0n) is 14.4. The molecule has 136 valence electrons. The number of carbonyl (C=O) groups excluding carboxylic acids is 1. The monoisotopic (exact) mass is 373 g/mol. The first-order chi connectivity index (χ1) is 12.3. The molecule has 2 rings (SSSR count). The first-order valence-corrected chi connectivity index (χ1v) is 9.13. The SMILES string of the molecule is COc1ccc(/C=C/C(=O)/C=C/c2ccc(S(N)(=O)=O)cc2)cc1OC. The number of ether oxygens (including phenoxy) is 2. The predicted molar refractivity (Wildman–Crippen MR) is 100 cm³/mol. The maximum atomic E-state index is 11.9. The second-order valence-electron chi connectivity index (χ2n) is 5.30. The summed E-state index contributed by atoms with van der Waals surface area (Å²) in [5.41, 5.74) is 1.48. The fourth-order valence-electron chi connectivity index (χ4n) is 2.14. The fourth-order valence-corrected chi connectivity index (χ4v) is 2.65. The van der Waals surface area contributed by atoms with Gasteiger partial charge < -0.3 is 9.47 Å². The van der Waals surface area contributed by atoms with Gasteiger partial charge >= 0.3 is 0 Å². The predicted octanol–water partition coefficient (Wildman–Crippen LogP) is 2.65. The number of ketones is 1. The number of methoxy groups -OCH3 is 2. The summed E-state index contributed by atoms with van der Waals surface area (Å²) in [6.45, 7) is 0. The number of hydrogen-bond acceptors (Lipinski definition) is 5. The van der Waals surface area contributed by atoms with Crippen LogP contribution in [0.4, 0.5) is 0 Å². The van der Waals surface area contributed by atoms with Crippen molar-refractivity contribution in [1.82, 2.24) is 0 Å².